The van der Waals surface area contributed by atoms with Crippen LogP contribution in [0.1, 0.15) is 5.56 Å². The van der Waals surface area contributed by atoms with Gasteiger partial charge in [0, 0.05) is 10.8 Å². The topological polar surface area (TPSA) is 84.0 Å². The van der Waals surface area contributed by atoms with Crippen LogP contribution in [-0.2, 0) is 10.0 Å². The average molecular weight is 314 g/mol. The Kier molecular flexibility index (Phi) is 3.74. The van der Waals surface area contributed by atoms with Gasteiger partial charge >= 0.3 is 0 Å². The van der Waals surface area contributed by atoms with Gasteiger partial charge in [0.05, 0.1) is 11.1 Å². The van der Waals surface area contributed by atoms with Crippen molar-refractivity contribution in [2.45, 2.75) is 11.8 Å². The lowest BCUT2D eigenvalue weighted by molar-refractivity contribution is 0.587. The second kappa shape index (κ2) is 5.70. The minimum absolute atomic E-state index is 0.179. The fourth-order valence-corrected chi connectivity index (χ4v) is 2.86. The molecular formula is C15H14N4O2S. The van der Waals surface area contributed by atoms with E-state index >= 15 is 0 Å². The molecule has 22 heavy (non-hydrogen) atoms. The molecule has 0 saturated heterocycles. The third-order valence-corrected chi connectivity index (χ3v) is 4.47. The molecule has 0 spiro atoms. The molecule has 3 aromatic rings. The first-order valence-corrected chi connectivity index (χ1v) is 8.09. The highest BCUT2D eigenvalue weighted by Gasteiger charge is 2.14. The van der Waals surface area contributed by atoms with Crippen LogP contribution < -0.4 is 10.3 Å². The SMILES string of the molecule is Cc1ccc(S(=O)(=O)NNc2nncc3ccccc23)cc1. The zero-order valence-electron chi connectivity index (χ0n) is 11.8. The molecule has 2 N–H and O–H groups in total. The maximum atomic E-state index is 12.2. The predicted octanol–water partition coefficient (Wildman–Crippen LogP) is 2.24. The van der Waals surface area contributed by atoms with Crippen LogP contribution in [0.4, 0.5) is 5.82 Å². The number of aryl methyl sites for hydroxylation is 1. The van der Waals surface area contributed by atoms with E-state index in [9.17, 15) is 8.42 Å². The molecule has 0 unspecified atom stereocenters. The van der Waals surface area contributed by atoms with Crippen molar-refractivity contribution in [1.82, 2.24) is 15.0 Å². The van der Waals surface area contributed by atoms with Gasteiger partial charge in [0.15, 0.2) is 5.82 Å². The number of rotatable bonds is 4. The number of nitrogens with zero attached hydrogens (tertiary/aromatic N) is 2. The van der Waals surface area contributed by atoms with Gasteiger partial charge in [0.1, 0.15) is 0 Å². The second-order valence-electron chi connectivity index (χ2n) is 4.82. The van der Waals surface area contributed by atoms with Crippen LogP contribution >= 0.6 is 0 Å². The van der Waals surface area contributed by atoms with Crippen LogP contribution in [0.2, 0.25) is 0 Å². The van der Waals surface area contributed by atoms with Crippen LogP contribution in [0.25, 0.3) is 10.8 Å². The Balaban J connectivity index is 1.86. The summed E-state index contributed by atoms with van der Waals surface area (Å²) in [5, 5.41) is 9.43. The summed E-state index contributed by atoms with van der Waals surface area (Å²) < 4.78 is 24.5. The van der Waals surface area contributed by atoms with Crippen molar-refractivity contribution in [3.8, 4) is 0 Å². The summed E-state index contributed by atoms with van der Waals surface area (Å²) in [5.74, 6) is 0.355. The molecule has 1 aromatic heterocycles. The van der Waals surface area contributed by atoms with Crippen molar-refractivity contribution < 1.29 is 8.42 Å². The van der Waals surface area contributed by atoms with Crippen LogP contribution in [0.15, 0.2) is 59.6 Å². The van der Waals surface area contributed by atoms with Gasteiger partial charge in [0.25, 0.3) is 10.0 Å². The molecule has 0 bridgehead atoms. The molecule has 0 aliphatic rings. The number of anilines is 1. The number of aromatic nitrogens is 2. The maximum Gasteiger partial charge on any atom is 0.257 e. The van der Waals surface area contributed by atoms with Crippen LogP contribution in [0.5, 0.6) is 0 Å². The molecule has 0 aliphatic carbocycles. The lowest BCUT2D eigenvalue weighted by Gasteiger charge is -2.10. The first-order valence-electron chi connectivity index (χ1n) is 6.61. The van der Waals surface area contributed by atoms with Crippen molar-refractivity contribution in [2.24, 2.45) is 0 Å². The molecule has 0 aliphatic heterocycles. The Morgan fingerprint density at radius 2 is 1.73 bits per heavy atom. The van der Waals surface area contributed by atoms with Gasteiger partial charge < -0.3 is 0 Å². The second-order valence-corrected chi connectivity index (χ2v) is 6.51. The highest BCUT2D eigenvalue weighted by molar-refractivity contribution is 7.89. The molecule has 0 atom stereocenters. The van der Waals surface area contributed by atoms with Crippen LogP contribution in [0, 0.1) is 6.92 Å². The van der Waals surface area contributed by atoms with Crippen LogP contribution in [-0.4, -0.2) is 18.6 Å². The molecule has 0 saturated carbocycles. The summed E-state index contributed by atoms with van der Waals surface area (Å²) in [5.41, 5.74) is 3.62. The monoisotopic (exact) mass is 314 g/mol. The number of hydrogen-bond donors (Lipinski definition) is 2. The van der Waals surface area contributed by atoms with Crippen molar-refractivity contribution in [3.63, 3.8) is 0 Å². The highest BCUT2D eigenvalue weighted by atomic mass is 32.2. The Morgan fingerprint density at radius 1 is 1.00 bits per heavy atom. The summed E-state index contributed by atoms with van der Waals surface area (Å²) >= 11 is 0. The van der Waals surface area contributed by atoms with Gasteiger partial charge in [-0.25, -0.2) is 8.42 Å². The first kappa shape index (κ1) is 14.4. The molecule has 1 heterocycles. The van der Waals surface area contributed by atoms with E-state index in [1.807, 2.05) is 31.2 Å². The minimum atomic E-state index is -3.67. The van der Waals surface area contributed by atoms with Crippen LogP contribution in [0.3, 0.4) is 0 Å². The third-order valence-electron chi connectivity index (χ3n) is 3.21. The largest absolute Gasteiger partial charge is 0.290 e. The van der Waals surface area contributed by atoms with Gasteiger partial charge in [-0.2, -0.15) is 5.10 Å². The minimum Gasteiger partial charge on any atom is -0.290 e. The number of sulfonamides is 1. The zero-order chi connectivity index (χ0) is 15.6. The van der Waals surface area contributed by atoms with Crippen molar-refractivity contribution >= 4 is 26.6 Å². The highest BCUT2D eigenvalue weighted by Crippen LogP contribution is 2.19. The Morgan fingerprint density at radius 3 is 2.50 bits per heavy atom. The molecule has 0 radical (unpaired) electrons. The standard InChI is InChI=1S/C15H14N4O2S/c1-11-6-8-13(9-7-11)22(20,21)19-18-15-14-5-3-2-4-12(14)10-16-17-15/h2-10,19H,1H3,(H,17,18). The Labute approximate surface area is 128 Å². The van der Waals surface area contributed by atoms with Gasteiger partial charge in [-0.15, -0.1) is 9.93 Å². The van der Waals surface area contributed by atoms with Crippen molar-refractivity contribution in [3.05, 3.63) is 60.3 Å². The van der Waals surface area contributed by atoms with Crippen molar-refractivity contribution in [1.29, 1.82) is 0 Å². The third kappa shape index (κ3) is 2.90. The molecule has 112 valence electrons. The summed E-state index contributed by atoms with van der Waals surface area (Å²) in [7, 11) is -3.67. The summed E-state index contributed by atoms with van der Waals surface area (Å²) in [6.45, 7) is 1.90. The lowest BCUT2D eigenvalue weighted by atomic mass is 10.2. The summed E-state index contributed by atoms with van der Waals surface area (Å²) in [6.07, 6.45) is 1.62. The van der Waals surface area contributed by atoms with Gasteiger partial charge in [0.2, 0.25) is 0 Å². The normalized spacial score (nSPS) is 11.5. The first-order chi connectivity index (χ1) is 10.6. The molecule has 0 amide bonds. The fourth-order valence-electron chi connectivity index (χ4n) is 2.01. The van der Waals surface area contributed by atoms with Gasteiger partial charge in [-0.05, 0) is 19.1 Å². The quantitative estimate of drug-likeness (QED) is 0.722. The number of nitrogens with one attached hydrogen (secondary N) is 2. The molecule has 2 aromatic carbocycles. The molecular weight excluding hydrogens is 300 g/mol. The molecule has 7 heteroatoms. The van der Waals surface area contributed by atoms with Gasteiger partial charge in [-0.1, -0.05) is 42.0 Å². The smallest absolute Gasteiger partial charge is 0.257 e. The number of hydrazine groups is 1. The number of fused-ring (bicyclic) bond motifs is 1. The maximum absolute atomic E-state index is 12.2. The van der Waals surface area contributed by atoms with Gasteiger partial charge in [-0.3, -0.25) is 5.43 Å². The van der Waals surface area contributed by atoms with E-state index in [0.29, 0.717) is 5.82 Å². The number of benzene rings is 2. The van der Waals surface area contributed by atoms with E-state index in [1.54, 1.807) is 30.5 Å². The fraction of sp³-hybridized carbons (Fsp3) is 0.0667. The summed E-state index contributed by atoms with van der Waals surface area (Å²) in [4.78, 5) is 2.50. The summed E-state index contributed by atoms with van der Waals surface area (Å²) in [6, 6.07) is 14.0. The Bertz CT molecular complexity index is 903. The van der Waals surface area contributed by atoms with Crippen molar-refractivity contribution in [2.75, 3.05) is 5.43 Å². The van der Waals surface area contributed by atoms with E-state index in [0.717, 1.165) is 16.3 Å². The van der Waals surface area contributed by atoms with E-state index in [2.05, 4.69) is 20.5 Å². The number of hydrogen-bond acceptors (Lipinski definition) is 5. The average Bonchev–Trinajstić information content (AvgIpc) is 2.53. The zero-order valence-corrected chi connectivity index (χ0v) is 12.6. The molecule has 6 nitrogen and oxygen atoms in total. The van der Waals surface area contributed by atoms with E-state index in [1.165, 1.54) is 0 Å². The van der Waals surface area contributed by atoms with E-state index < -0.39 is 10.0 Å². The lowest BCUT2D eigenvalue weighted by Crippen LogP contribution is -2.30. The Hall–Kier alpha value is -2.51. The van der Waals surface area contributed by atoms with E-state index in [4.69, 9.17) is 0 Å². The molecule has 3 rings (SSSR count). The molecule has 0 fully saturated rings. The van der Waals surface area contributed by atoms with E-state index in [-0.39, 0.29) is 4.90 Å². The predicted molar refractivity (Wildman–Crippen MR) is 84.7 cm³/mol.